The van der Waals surface area contributed by atoms with E-state index in [2.05, 4.69) is 16.0 Å². The molecular formula is C25H39N5O7. The van der Waals surface area contributed by atoms with Crippen molar-refractivity contribution < 1.29 is 34.2 Å². The summed E-state index contributed by atoms with van der Waals surface area (Å²) in [4.78, 5) is 61.8. The maximum absolute atomic E-state index is 13.2. The van der Waals surface area contributed by atoms with Gasteiger partial charge >= 0.3 is 5.97 Å². The van der Waals surface area contributed by atoms with E-state index in [1.165, 1.54) is 12.1 Å². The lowest BCUT2D eigenvalue weighted by Crippen LogP contribution is -2.60. The zero-order chi connectivity index (χ0) is 28.3. The zero-order valence-electron chi connectivity index (χ0n) is 21.7. The second kappa shape index (κ2) is 14.8. The van der Waals surface area contributed by atoms with Crippen molar-refractivity contribution in [2.45, 2.75) is 77.5 Å². The fraction of sp³-hybridized carbons (Fsp3) is 0.560. The van der Waals surface area contributed by atoms with E-state index in [9.17, 15) is 34.2 Å². The van der Waals surface area contributed by atoms with Gasteiger partial charge in [-0.15, -0.1) is 0 Å². The number of nitrogens with one attached hydrogen (secondary N) is 3. The van der Waals surface area contributed by atoms with Gasteiger partial charge in [-0.1, -0.05) is 52.7 Å². The third-order valence-corrected chi connectivity index (χ3v) is 6.34. The van der Waals surface area contributed by atoms with Crippen LogP contribution in [0.25, 0.3) is 0 Å². The number of carboxylic acids is 1. The molecule has 6 atom stereocenters. The van der Waals surface area contributed by atoms with Crippen LogP contribution in [0.3, 0.4) is 0 Å². The molecule has 12 heteroatoms. The van der Waals surface area contributed by atoms with Gasteiger partial charge in [0.05, 0.1) is 12.5 Å². The Balaban J connectivity index is 3.07. The number of carbonyl (C=O) groups excluding carboxylic acids is 4. The third-order valence-electron chi connectivity index (χ3n) is 6.34. The van der Waals surface area contributed by atoms with Crippen LogP contribution < -0.4 is 27.4 Å². The number of nitrogens with two attached hydrogens (primary N) is 2. The highest BCUT2D eigenvalue weighted by molar-refractivity contribution is 5.95. The predicted molar refractivity (Wildman–Crippen MR) is 136 cm³/mol. The largest absolute Gasteiger partial charge is 0.508 e. The Hall–Kier alpha value is -3.67. The predicted octanol–water partition coefficient (Wildman–Crippen LogP) is -0.231. The quantitative estimate of drug-likeness (QED) is 0.163. The number of hydrogen-bond acceptors (Lipinski definition) is 7. The Bertz CT molecular complexity index is 953. The first kappa shape index (κ1) is 31.4. The minimum atomic E-state index is -1.28. The van der Waals surface area contributed by atoms with Crippen molar-refractivity contribution in [2.24, 2.45) is 23.3 Å². The van der Waals surface area contributed by atoms with Crippen LogP contribution in [0.15, 0.2) is 24.3 Å². The number of benzene rings is 1. The van der Waals surface area contributed by atoms with Gasteiger partial charge in [-0.05, 0) is 29.5 Å². The Morgan fingerprint density at radius 3 is 1.73 bits per heavy atom. The van der Waals surface area contributed by atoms with Crippen molar-refractivity contribution in [1.29, 1.82) is 0 Å². The molecule has 12 nitrogen and oxygen atoms in total. The van der Waals surface area contributed by atoms with Gasteiger partial charge in [-0.3, -0.25) is 19.2 Å². The summed E-state index contributed by atoms with van der Waals surface area (Å²) in [5.74, 6) is -4.76. The molecule has 0 fully saturated rings. The zero-order valence-corrected chi connectivity index (χ0v) is 21.7. The van der Waals surface area contributed by atoms with E-state index in [0.717, 1.165) is 0 Å². The number of rotatable bonds is 15. The van der Waals surface area contributed by atoms with Crippen molar-refractivity contribution in [3.05, 3.63) is 29.8 Å². The normalized spacial score (nSPS) is 15.8. The number of aliphatic carboxylic acids is 1. The number of primary amides is 1. The van der Waals surface area contributed by atoms with Crippen LogP contribution in [0.2, 0.25) is 0 Å². The Morgan fingerprint density at radius 2 is 1.30 bits per heavy atom. The molecule has 1 aromatic carbocycles. The Morgan fingerprint density at radius 1 is 0.838 bits per heavy atom. The second-order valence-electron chi connectivity index (χ2n) is 9.29. The molecule has 206 valence electrons. The summed E-state index contributed by atoms with van der Waals surface area (Å²) < 4.78 is 0. The highest BCUT2D eigenvalue weighted by Gasteiger charge is 2.34. The lowest BCUT2D eigenvalue weighted by atomic mass is 9.94. The number of amides is 4. The van der Waals surface area contributed by atoms with Crippen LogP contribution in [-0.4, -0.2) is 64.0 Å². The summed E-state index contributed by atoms with van der Waals surface area (Å²) in [6, 6.07) is 1.28. The summed E-state index contributed by atoms with van der Waals surface area (Å²) >= 11 is 0. The summed E-state index contributed by atoms with van der Waals surface area (Å²) in [6.45, 7) is 7.11. The van der Waals surface area contributed by atoms with Gasteiger partial charge in [0.25, 0.3) is 0 Å². The smallest absolute Gasteiger partial charge is 0.326 e. The topological polar surface area (TPSA) is 214 Å². The fourth-order valence-electron chi connectivity index (χ4n) is 3.55. The van der Waals surface area contributed by atoms with E-state index in [4.69, 9.17) is 11.5 Å². The molecule has 0 aromatic heterocycles. The lowest BCUT2D eigenvalue weighted by molar-refractivity contribution is -0.142. The standard InChI is InChI=1S/C25H39N5O7/c1-5-13(3)20(23(34)28-18(25(36)37)11-15-7-9-16(31)10-8-15)30-24(35)21(14(4)6-2)29-22(33)17(26)12-19(27)32/h7-10,13-14,17-18,20-21,31H,5-6,11-12,26H2,1-4H3,(H2,27,32)(H,28,34)(H,29,33)(H,30,35)(H,36,37). The average molecular weight is 522 g/mol. The maximum atomic E-state index is 13.2. The molecule has 0 aliphatic heterocycles. The molecule has 0 saturated carbocycles. The summed E-state index contributed by atoms with van der Waals surface area (Å²) in [5.41, 5.74) is 11.4. The van der Waals surface area contributed by atoms with E-state index < -0.39 is 60.2 Å². The van der Waals surface area contributed by atoms with E-state index in [1.807, 2.05) is 13.8 Å². The molecule has 0 saturated heterocycles. The molecule has 4 amide bonds. The van der Waals surface area contributed by atoms with Crippen molar-refractivity contribution in [2.75, 3.05) is 0 Å². The maximum Gasteiger partial charge on any atom is 0.326 e. The van der Waals surface area contributed by atoms with Crippen LogP contribution in [0.5, 0.6) is 5.75 Å². The highest BCUT2D eigenvalue weighted by atomic mass is 16.4. The van der Waals surface area contributed by atoms with Gasteiger partial charge in [0, 0.05) is 6.42 Å². The van der Waals surface area contributed by atoms with Crippen LogP contribution in [0, 0.1) is 11.8 Å². The molecule has 0 aliphatic carbocycles. The van der Waals surface area contributed by atoms with Gasteiger partial charge in [-0.25, -0.2) is 4.79 Å². The number of phenolic OH excluding ortho intramolecular Hbond substituents is 1. The third kappa shape index (κ3) is 10.1. The fourth-order valence-corrected chi connectivity index (χ4v) is 3.55. The van der Waals surface area contributed by atoms with Gasteiger partial charge in [0.2, 0.25) is 23.6 Å². The SMILES string of the molecule is CCC(C)C(NC(=O)C(N)CC(N)=O)C(=O)NC(C(=O)NC(Cc1ccc(O)cc1)C(=O)O)C(C)CC. The van der Waals surface area contributed by atoms with Crippen molar-refractivity contribution in [3.8, 4) is 5.75 Å². The molecule has 6 unspecified atom stereocenters. The molecular weight excluding hydrogens is 482 g/mol. The molecule has 1 aromatic rings. The summed E-state index contributed by atoms with van der Waals surface area (Å²) in [6.07, 6.45) is 0.581. The molecule has 0 radical (unpaired) electrons. The first-order chi connectivity index (χ1) is 17.3. The van der Waals surface area contributed by atoms with E-state index >= 15 is 0 Å². The van der Waals surface area contributed by atoms with Gasteiger partial charge in [-0.2, -0.15) is 0 Å². The molecule has 0 heterocycles. The molecule has 9 N–H and O–H groups in total. The summed E-state index contributed by atoms with van der Waals surface area (Å²) in [5, 5.41) is 26.8. The van der Waals surface area contributed by atoms with Crippen LogP contribution in [0.1, 0.15) is 52.5 Å². The summed E-state index contributed by atoms with van der Waals surface area (Å²) in [7, 11) is 0. The van der Waals surface area contributed by atoms with E-state index in [1.54, 1.807) is 26.0 Å². The minimum Gasteiger partial charge on any atom is -0.508 e. The van der Waals surface area contributed by atoms with E-state index in [0.29, 0.717) is 18.4 Å². The lowest BCUT2D eigenvalue weighted by Gasteiger charge is -2.30. The molecule has 1 rings (SSSR count). The van der Waals surface area contributed by atoms with Crippen molar-refractivity contribution in [1.82, 2.24) is 16.0 Å². The number of carbonyl (C=O) groups is 5. The first-order valence-corrected chi connectivity index (χ1v) is 12.3. The monoisotopic (exact) mass is 521 g/mol. The van der Waals surface area contributed by atoms with Crippen LogP contribution in [0.4, 0.5) is 0 Å². The molecule has 0 spiro atoms. The Labute approximate surface area is 216 Å². The van der Waals surface area contributed by atoms with Crippen LogP contribution in [-0.2, 0) is 30.4 Å². The molecule has 37 heavy (non-hydrogen) atoms. The first-order valence-electron chi connectivity index (χ1n) is 12.3. The van der Waals surface area contributed by atoms with Crippen LogP contribution >= 0.6 is 0 Å². The highest BCUT2D eigenvalue weighted by Crippen LogP contribution is 2.14. The molecule has 0 bridgehead atoms. The Kier molecular flexibility index (Phi) is 12.5. The average Bonchev–Trinajstić information content (AvgIpc) is 2.84. The van der Waals surface area contributed by atoms with Crippen molar-refractivity contribution >= 4 is 29.6 Å². The minimum absolute atomic E-state index is 0.0257. The number of hydrogen-bond donors (Lipinski definition) is 7. The van der Waals surface area contributed by atoms with E-state index in [-0.39, 0.29) is 24.0 Å². The van der Waals surface area contributed by atoms with Gasteiger partial charge in [0.1, 0.15) is 23.9 Å². The van der Waals surface area contributed by atoms with Crippen molar-refractivity contribution in [3.63, 3.8) is 0 Å². The second-order valence-corrected chi connectivity index (χ2v) is 9.29. The van der Waals surface area contributed by atoms with Gasteiger partial charge in [0.15, 0.2) is 0 Å². The number of aromatic hydroxyl groups is 1. The number of carboxylic acid groups (broad SMARTS) is 1. The number of phenols is 1. The molecule has 0 aliphatic rings. The van der Waals surface area contributed by atoms with Gasteiger partial charge < -0.3 is 37.6 Å².